The van der Waals surface area contributed by atoms with Gasteiger partial charge in [0, 0.05) is 6.20 Å². The quantitative estimate of drug-likeness (QED) is 0.617. The third-order valence-electron chi connectivity index (χ3n) is 2.95. The van der Waals surface area contributed by atoms with Crippen molar-refractivity contribution < 1.29 is 4.74 Å². The number of ether oxygens (including phenoxy) is 1. The van der Waals surface area contributed by atoms with Crippen molar-refractivity contribution in [2.75, 3.05) is 0 Å². The third-order valence-corrected chi connectivity index (χ3v) is 3.38. The molecular weight excluding hydrogens is 254 g/mol. The first-order valence-corrected chi connectivity index (χ1v) is 6.37. The number of pyridine rings is 1. The number of halogens is 1. The summed E-state index contributed by atoms with van der Waals surface area (Å²) >= 11 is 10.8. The second-order valence-electron chi connectivity index (χ2n) is 4.32. The standard InChI is InChI=1S/C13H14ClNOS/c1-8(11-6-13(17)16-9(11)2)5-10-3-4-12(14)15-7-10/h3-4,6-9H,5H2,1-2H3. The number of rotatable bonds is 3. The zero-order valence-corrected chi connectivity index (χ0v) is 11.4. The van der Waals surface area contributed by atoms with E-state index in [0.717, 1.165) is 6.42 Å². The lowest BCUT2D eigenvalue weighted by molar-refractivity contribution is 0.255. The number of nitrogens with zero attached hydrogens (tertiary/aromatic N) is 1. The van der Waals surface area contributed by atoms with E-state index in [-0.39, 0.29) is 6.10 Å². The Morgan fingerprint density at radius 2 is 2.29 bits per heavy atom. The van der Waals surface area contributed by atoms with Crippen LogP contribution in [0.2, 0.25) is 5.15 Å². The summed E-state index contributed by atoms with van der Waals surface area (Å²) in [5.74, 6) is 0.397. The summed E-state index contributed by atoms with van der Waals surface area (Å²) in [6.07, 6.45) is 4.80. The molecule has 1 aliphatic rings. The molecule has 0 spiro atoms. The first kappa shape index (κ1) is 12.5. The Balaban J connectivity index is 2.06. The van der Waals surface area contributed by atoms with Crippen molar-refractivity contribution in [3.05, 3.63) is 40.7 Å². The Morgan fingerprint density at radius 1 is 1.53 bits per heavy atom. The lowest BCUT2D eigenvalue weighted by Gasteiger charge is -2.16. The van der Waals surface area contributed by atoms with Gasteiger partial charge in [0.1, 0.15) is 11.3 Å². The highest BCUT2D eigenvalue weighted by Crippen LogP contribution is 2.26. The molecule has 0 bridgehead atoms. The molecule has 1 aliphatic heterocycles. The minimum Gasteiger partial charge on any atom is -0.476 e. The van der Waals surface area contributed by atoms with Crippen molar-refractivity contribution in [1.29, 1.82) is 0 Å². The van der Waals surface area contributed by atoms with Crippen LogP contribution in [-0.2, 0) is 11.2 Å². The van der Waals surface area contributed by atoms with E-state index in [1.165, 1.54) is 11.1 Å². The van der Waals surface area contributed by atoms with Crippen molar-refractivity contribution >= 4 is 28.9 Å². The highest BCUT2D eigenvalue weighted by atomic mass is 35.5. The van der Waals surface area contributed by atoms with Gasteiger partial charge in [0.05, 0.1) is 0 Å². The van der Waals surface area contributed by atoms with Gasteiger partial charge in [-0.2, -0.15) is 0 Å². The summed E-state index contributed by atoms with van der Waals surface area (Å²) in [4.78, 5) is 4.08. The van der Waals surface area contributed by atoms with E-state index in [2.05, 4.69) is 11.9 Å². The summed E-state index contributed by atoms with van der Waals surface area (Å²) in [5.41, 5.74) is 2.43. The maximum absolute atomic E-state index is 5.76. The van der Waals surface area contributed by atoms with Crippen LogP contribution in [0.3, 0.4) is 0 Å². The van der Waals surface area contributed by atoms with Crippen LogP contribution >= 0.6 is 23.8 Å². The van der Waals surface area contributed by atoms with Crippen molar-refractivity contribution in [3.63, 3.8) is 0 Å². The molecule has 0 radical (unpaired) electrons. The molecule has 2 rings (SSSR count). The van der Waals surface area contributed by atoms with Crippen LogP contribution in [0, 0.1) is 5.92 Å². The van der Waals surface area contributed by atoms with Gasteiger partial charge in [-0.3, -0.25) is 0 Å². The van der Waals surface area contributed by atoms with E-state index < -0.39 is 0 Å². The normalized spacial score (nSPS) is 21.0. The zero-order chi connectivity index (χ0) is 12.4. The molecule has 0 aromatic carbocycles. The fourth-order valence-corrected chi connectivity index (χ4v) is 2.46. The van der Waals surface area contributed by atoms with Gasteiger partial charge >= 0.3 is 0 Å². The van der Waals surface area contributed by atoms with Gasteiger partial charge in [0.25, 0.3) is 0 Å². The topological polar surface area (TPSA) is 22.1 Å². The zero-order valence-electron chi connectivity index (χ0n) is 9.81. The molecule has 2 atom stereocenters. The molecule has 0 saturated heterocycles. The van der Waals surface area contributed by atoms with Crippen molar-refractivity contribution in [1.82, 2.24) is 4.98 Å². The molecule has 0 saturated carbocycles. The average molecular weight is 268 g/mol. The first-order chi connectivity index (χ1) is 8.06. The monoisotopic (exact) mass is 267 g/mol. The maximum atomic E-state index is 5.76. The summed E-state index contributed by atoms with van der Waals surface area (Å²) in [6.45, 7) is 4.20. The smallest absolute Gasteiger partial charge is 0.184 e. The van der Waals surface area contributed by atoms with E-state index in [9.17, 15) is 0 Å². The van der Waals surface area contributed by atoms with E-state index >= 15 is 0 Å². The highest BCUT2D eigenvalue weighted by Gasteiger charge is 2.24. The fraction of sp³-hybridized carbons (Fsp3) is 0.385. The predicted molar refractivity (Wildman–Crippen MR) is 73.3 cm³/mol. The molecule has 2 nitrogen and oxygen atoms in total. The minimum atomic E-state index is 0.0951. The minimum absolute atomic E-state index is 0.0951. The second kappa shape index (κ2) is 5.15. The van der Waals surface area contributed by atoms with E-state index in [4.69, 9.17) is 28.6 Å². The Bertz CT molecular complexity index is 455. The Morgan fingerprint density at radius 3 is 2.82 bits per heavy atom. The predicted octanol–water partition coefficient (Wildman–Crippen LogP) is 3.59. The van der Waals surface area contributed by atoms with Gasteiger partial charge in [-0.05, 0) is 54.8 Å². The van der Waals surface area contributed by atoms with E-state index in [0.29, 0.717) is 16.1 Å². The Labute approximate surface area is 112 Å². The lowest BCUT2D eigenvalue weighted by Crippen LogP contribution is -2.13. The molecule has 0 aliphatic carbocycles. The number of thiocarbonyl (C=S) groups is 1. The van der Waals surface area contributed by atoms with Crippen LogP contribution in [0.5, 0.6) is 0 Å². The molecule has 4 heteroatoms. The van der Waals surface area contributed by atoms with E-state index in [1.807, 2.05) is 31.3 Å². The number of hydrogen-bond acceptors (Lipinski definition) is 3. The summed E-state index contributed by atoms with van der Waals surface area (Å²) in [5, 5.41) is 1.12. The average Bonchev–Trinajstić information content (AvgIpc) is 2.61. The third kappa shape index (κ3) is 3.05. The summed E-state index contributed by atoms with van der Waals surface area (Å²) in [7, 11) is 0. The van der Waals surface area contributed by atoms with Crippen LogP contribution < -0.4 is 0 Å². The van der Waals surface area contributed by atoms with Crippen LogP contribution in [0.4, 0.5) is 0 Å². The van der Waals surface area contributed by atoms with Crippen LogP contribution in [-0.4, -0.2) is 16.1 Å². The molecule has 1 aromatic rings. The van der Waals surface area contributed by atoms with Gasteiger partial charge in [-0.25, -0.2) is 4.98 Å². The van der Waals surface area contributed by atoms with Crippen LogP contribution in [0.25, 0.3) is 0 Å². The van der Waals surface area contributed by atoms with Crippen molar-refractivity contribution in [3.8, 4) is 0 Å². The molecular formula is C13H14ClNOS. The van der Waals surface area contributed by atoms with Crippen molar-refractivity contribution in [2.45, 2.75) is 26.4 Å². The first-order valence-electron chi connectivity index (χ1n) is 5.59. The SMILES string of the molecule is CC(Cc1ccc(Cl)nc1)C1=CC(=S)OC1C. The molecule has 0 amide bonds. The second-order valence-corrected chi connectivity index (χ2v) is 5.11. The van der Waals surface area contributed by atoms with Gasteiger partial charge < -0.3 is 4.74 Å². The molecule has 2 heterocycles. The summed E-state index contributed by atoms with van der Waals surface area (Å²) < 4.78 is 5.45. The number of aromatic nitrogens is 1. The molecule has 2 unspecified atom stereocenters. The van der Waals surface area contributed by atoms with Crippen LogP contribution in [0.15, 0.2) is 30.0 Å². The fourth-order valence-electron chi connectivity index (χ4n) is 2.07. The molecule has 1 aromatic heterocycles. The van der Waals surface area contributed by atoms with Crippen LogP contribution in [0.1, 0.15) is 19.4 Å². The van der Waals surface area contributed by atoms with E-state index in [1.54, 1.807) is 0 Å². The lowest BCUT2D eigenvalue weighted by atomic mass is 9.92. The van der Waals surface area contributed by atoms with Gasteiger partial charge in [0.15, 0.2) is 5.05 Å². The number of hydrogen-bond donors (Lipinski definition) is 0. The van der Waals surface area contributed by atoms with Gasteiger partial charge in [0.2, 0.25) is 0 Å². The van der Waals surface area contributed by atoms with Gasteiger partial charge in [-0.15, -0.1) is 0 Å². The molecule has 90 valence electrons. The molecule has 0 fully saturated rings. The summed E-state index contributed by atoms with van der Waals surface area (Å²) in [6, 6.07) is 3.82. The van der Waals surface area contributed by atoms with Crippen molar-refractivity contribution in [2.24, 2.45) is 5.92 Å². The maximum Gasteiger partial charge on any atom is 0.184 e. The molecule has 17 heavy (non-hydrogen) atoms. The highest BCUT2D eigenvalue weighted by molar-refractivity contribution is 7.80. The Kier molecular flexibility index (Phi) is 3.79. The Hall–Kier alpha value is -0.930. The molecule has 0 N–H and O–H groups in total. The largest absolute Gasteiger partial charge is 0.476 e. The van der Waals surface area contributed by atoms with Gasteiger partial charge in [-0.1, -0.05) is 24.6 Å².